The van der Waals surface area contributed by atoms with Gasteiger partial charge in [0.2, 0.25) is 0 Å². The summed E-state index contributed by atoms with van der Waals surface area (Å²) in [6, 6.07) is 11.1. The van der Waals surface area contributed by atoms with Crippen molar-refractivity contribution in [1.82, 2.24) is 0 Å². The molecule has 0 aliphatic rings. The number of anilines is 1. The van der Waals surface area contributed by atoms with Gasteiger partial charge in [-0.3, -0.25) is 4.72 Å². The molecule has 21 heavy (non-hydrogen) atoms. The first-order chi connectivity index (χ1) is 9.83. The van der Waals surface area contributed by atoms with Crippen molar-refractivity contribution in [3.05, 3.63) is 57.0 Å². The van der Waals surface area contributed by atoms with Crippen LogP contribution in [0, 0.1) is 18.3 Å². The predicted molar refractivity (Wildman–Crippen MR) is 85.9 cm³/mol. The highest BCUT2D eigenvalue weighted by atomic mass is 79.9. The monoisotopic (exact) mass is 384 g/mol. The molecule has 0 amide bonds. The van der Waals surface area contributed by atoms with E-state index in [2.05, 4.69) is 20.7 Å². The summed E-state index contributed by atoms with van der Waals surface area (Å²) in [7, 11) is -3.73. The third-order valence-electron chi connectivity index (χ3n) is 2.80. The number of nitriles is 1. The molecule has 2 aromatic carbocycles. The first-order valence-electron chi connectivity index (χ1n) is 5.82. The minimum atomic E-state index is -3.73. The quantitative estimate of drug-likeness (QED) is 0.865. The van der Waals surface area contributed by atoms with Crippen LogP contribution in [0.25, 0.3) is 0 Å². The molecular weight excluding hydrogens is 376 g/mol. The fraction of sp³-hybridized carbons (Fsp3) is 0.0714. The Morgan fingerprint density at radius 3 is 2.52 bits per heavy atom. The largest absolute Gasteiger partial charge is 0.278 e. The third-order valence-corrected chi connectivity index (χ3v) is 5.06. The van der Waals surface area contributed by atoms with Gasteiger partial charge in [0.1, 0.15) is 0 Å². The van der Waals surface area contributed by atoms with Crippen molar-refractivity contribution < 1.29 is 8.42 Å². The summed E-state index contributed by atoms with van der Waals surface area (Å²) in [5.41, 5.74) is 1.44. The minimum absolute atomic E-state index is 0.0980. The van der Waals surface area contributed by atoms with Crippen molar-refractivity contribution in [2.45, 2.75) is 11.8 Å². The van der Waals surface area contributed by atoms with Crippen molar-refractivity contribution in [2.75, 3.05) is 4.72 Å². The molecule has 2 rings (SSSR count). The highest BCUT2D eigenvalue weighted by Crippen LogP contribution is 2.28. The first kappa shape index (κ1) is 15.8. The van der Waals surface area contributed by atoms with E-state index in [0.29, 0.717) is 26.3 Å². The maximum absolute atomic E-state index is 12.3. The summed E-state index contributed by atoms with van der Waals surface area (Å²) in [6.07, 6.45) is 0. The molecule has 2 aromatic rings. The van der Waals surface area contributed by atoms with Gasteiger partial charge >= 0.3 is 0 Å². The van der Waals surface area contributed by atoms with Crippen LogP contribution in [-0.2, 0) is 10.0 Å². The van der Waals surface area contributed by atoms with Gasteiger partial charge in [-0.15, -0.1) is 0 Å². The number of hydrogen-bond donors (Lipinski definition) is 1. The number of nitrogens with zero attached hydrogens (tertiary/aromatic N) is 1. The molecule has 0 aliphatic carbocycles. The summed E-state index contributed by atoms with van der Waals surface area (Å²) in [5.74, 6) is 0. The van der Waals surface area contributed by atoms with E-state index in [1.807, 2.05) is 6.07 Å². The number of hydrogen-bond acceptors (Lipinski definition) is 3. The van der Waals surface area contributed by atoms with Crippen LogP contribution in [0.1, 0.15) is 11.1 Å². The molecule has 1 N–H and O–H groups in total. The van der Waals surface area contributed by atoms with Crippen LogP contribution in [0.4, 0.5) is 5.69 Å². The van der Waals surface area contributed by atoms with Gasteiger partial charge in [0.25, 0.3) is 10.0 Å². The molecule has 0 radical (unpaired) electrons. The molecule has 0 aromatic heterocycles. The molecule has 0 fully saturated rings. The molecule has 0 heterocycles. The smallest absolute Gasteiger partial charge is 0.261 e. The van der Waals surface area contributed by atoms with Crippen molar-refractivity contribution in [3.63, 3.8) is 0 Å². The van der Waals surface area contributed by atoms with E-state index in [9.17, 15) is 8.42 Å². The minimum Gasteiger partial charge on any atom is -0.278 e. The van der Waals surface area contributed by atoms with E-state index in [1.54, 1.807) is 25.1 Å². The zero-order valence-corrected chi connectivity index (χ0v) is 14.1. The van der Waals surface area contributed by atoms with Gasteiger partial charge in [-0.25, -0.2) is 8.42 Å². The Morgan fingerprint density at radius 1 is 1.24 bits per heavy atom. The van der Waals surface area contributed by atoms with E-state index in [0.717, 1.165) is 0 Å². The first-order valence-corrected chi connectivity index (χ1v) is 8.47. The Hall–Kier alpha value is -1.55. The van der Waals surface area contributed by atoms with Crippen LogP contribution in [0.5, 0.6) is 0 Å². The Balaban J connectivity index is 2.39. The number of sulfonamides is 1. The number of nitrogens with one attached hydrogen (secondary N) is 1. The summed E-state index contributed by atoms with van der Waals surface area (Å²) in [4.78, 5) is 0.0980. The fourth-order valence-electron chi connectivity index (χ4n) is 1.70. The van der Waals surface area contributed by atoms with E-state index in [-0.39, 0.29) is 4.90 Å². The van der Waals surface area contributed by atoms with Crippen LogP contribution in [0.3, 0.4) is 0 Å². The van der Waals surface area contributed by atoms with E-state index in [1.165, 1.54) is 18.2 Å². The van der Waals surface area contributed by atoms with Crippen LogP contribution < -0.4 is 4.72 Å². The van der Waals surface area contributed by atoms with Gasteiger partial charge < -0.3 is 0 Å². The van der Waals surface area contributed by atoms with Crippen LogP contribution in [0.2, 0.25) is 5.02 Å². The molecule has 0 saturated heterocycles. The van der Waals surface area contributed by atoms with Gasteiger partial charge in [-0.1, -0.05) is 11.6 Å². The second kappa shape index (κ2) is 6.06. The standard InChI is InChI=1S/C14H10BrClN2O2S/c1-9-6-12(4-2-10(9)8-17)21(19,20)18-14-5-3-11(16)7-13(14)15/h2-7,18H,1H3. The zero-order chi connectivity index (χ0) is 15.6. The van der Waals surface area contributed by atoms with Crippen molar-refractivity contribution >= 4 is 43.2 Å². The van der Waals surface area contributed by atoms with Gasteiger partial charge in [-0.2, -0.15) is 5.26 Å². The third kappa shape index (κ3) is 3.56. The van der Waals surface area contributed by atoms with E-state index in [4.69, 9.17) is 16.9 Å². The SMILES string of the molecule is Cc1cc(S(=O)(=O)Nc2ccc(Cl)cc2Br)ccc1C#N. The maximum Gasteiger partial charge on any atom is 0.261 e. The van der Waals surface area contributed by atoms with Crippen LogP contribution in [0.15, 0.2) is 45.8 Å². The molecule has 4 nitrogen and oxygen atoms in total. The number of rotatable bonds is 3. The lowest BCUT2D eigenvalue weighted by atomic mass is 10.1. The lowest BCUT2D eigenvalue weighted by Gasteiger charge is -2.11. The zero-order valence-electron chi connectivity index (χ0n) is 10.9. The Labute approximate surface area is 136 Å². The van der Waals surface area contributed by atoms with Gasteiger partial charge in [-0.05, 0) is 64.8 Å². The normalized spacial score (nSPS) is 11.0. The Morgan fingerprint density at radius 2 is 1.95 bits per heavy atom. The molecule has 0 bridgehead atoms. The van der Waals surface area contributed by atoms with E-state index >= 15 is 0 Å². The summed E-state index contributed by atoms with van der Waals surface area (Å²) < 4.78 is 27.7. The average Bonchev–Trinajstić information content (AvgIpc) is 2.42. The second-order valence-electron chi connectivity index (χ2n) is 4.32. The molecule has 108 valence electrons. The summed E-state index contributed by atoms with van der Waals surface area (Å²) >= 11 is 9.08. The molecule has 0 spiro atoms. The number of aryl methyl sites for hydroxylation is 1. The van der Waals surface area contributed by atoms with Crippen molar-refractivity contribution in [3.8, 4) is 6.07 Å². The topological polar surface area (TPSA) is 70.0 Å². The molecular formula is C14H10BrClN2O2S. The molecule has 0 unspecified atom stereocenters. The van der Waals surface area contributed by atoms with Gasteiger partial charge in [0, 0.05) is 9.50 Å². The summed E-state index contributed by atoms with van der Waals surface area (Å²) in [5, 5.41) is 9.38. The maximum atomic E-state index is 12.3. The number of halogens is 2. The van der Waals surface area contributed by atoms with Crippen molar-refractivity contribution in [1.29, 1.82) is 5.26 Å². The predicted octanol–water partition coefficient (Wildman–Crippen LogP) is 4.08. The van der Waals surface area contributed by atoms with Crippen molar-refractivity contribution in [2.24, 2.45) is 0 Å². The highest BCUT2D eigenvalue weighted by molar-refractivity contribution is 9.10. The second-order valence-corrected chi connectivity index (χ2v) is 7.29. The number of benzene rings is 2. The molecule has 0 atom stereocenters. The van der Waals surface area contributed by atoms with E-state index < -0.39 is 10.0 Å². The van der Waals surface area contributed by atoms with Gasteiger partial charge in [0.15, 0.2) is 0 Å². The van der Waals surface area contributed by atoms with Crippen LogP contribution in [-0.4, -0.2) is 8.42 Å². The van der Waals surface area contributed by atoms with Gasteiger partial charge in [0.05, 0.1) is 22.2 Å². The molecule has 0 saturated carbocycles. The average molecular weight is 386 g/mol. The molecule has 7 heteroatoms. The Kier molecular flexibility index (Phi) is 4.57. The Bertz CT molecular complexity index is 845. The summed E-state index contributed by atoms with van der Waals surface area (Å²) in [6.45, 7) is 1.69. The molecule has 0 aliphatic heterocycles. The lowest BCUT2D eigenvalue weighted by molar-refractivity contribution is 0.601. The lowest BCUT2D eigenvalue weighted by Crippen LogP contribution is -2.13. The fourth-order valence-corrected chi connectivity index (χ4v) is 3.78. The van der Waals surface area contributed by atoms with Crippen LogP contribution >= 0.6 is 27.5 Å². The highest BCUT2D eigenvalue weighted by Gasteiger charge is 2.16.